The summed E-state index contributed by atoms with van der Waals surface area (Å²) in [6, 6.07) is 1.75. The van der Waals surface area contributed by atoms with Gasteiger partial charge >= 0.3 is 5.97 Å². The highest BCUT2D eigenvalue weighted by atomic mass is 32.1. The van der Waals surface area contributed by atoms with Gasteiger partial charge in [-0.25, -0.2) is 0 Å². The maximum atomic E-state index is 11.7. The number of carboxylic acids is 1. The Morgan fingerprint density at radius 1 is 1.22 bits per heavy atom. The number of carboxylic acid groups (broad SMARTS) is 1. The lowest BCUT2D eigenvalue weighted by atomic mass is 10.2. The van der Waals surface area contributed by atoms with Crippen LogP contribution in [-0.4, -0.2) is 36.0 Å². The monoisotopic (exact) mass is 270 g/mol. The number of aryl methyl sites for hydroxylation is 2. The van der Waals surface area contributed by atoms with Gasteiger partial charge in [-0.3, -0.25) is 14.4 Å². The molecule has 1 aromatic rings. The third-order valence-electron chi connectivity index (χ3n) is 2.13. The van der Waals surface area contributed by atoms with Crippen molar-refractivity contribution < 1.29 is 19.5 Å². The molecule has 0 aliphatic carbocycles. The number of carbonyl (C=O) groups excluding carboxylic acids is 2. The van der Waals surface area contributed by atoms with E-state index in [1.165, 1.54) is 11.3 Å². The number of thiophene rings is 1. The topological polar surface area (TPSA) is 95.5 Å². The summed E-state index contributed by atoms with van der Waals surface area (Å²) < 4.78 is 0. The van der Waals surface area contributed by atoms with Crippen LogP contribution in [0.15, 0.2) is 6.07 Å². The van der Waals surface area contributed by atoms with E-state index in [1.807, 2.05) is 13.8 Å². The minimum atomic E-state index is -1.13. The molecule has 0 aliphatic heterocycles. The van der Waals surface area contributed by atoms with Crippen LogP contribution in [0, 0.1) is 13.8 Å². The molecule has 0 aromatic carbocycles. The number of nitrogens with one attached hydrogen (secondary N) is 2. The lowest BCUT2D eigenvalue weighted by Crippen LogP contribution is -2.39. The molecule has 1 rings (SSSR count). The first-order valence-electron chi connectivity index (χ1n) is 5.24. The van der Waals surface area contributed by atoms with E-state index in [0.29, 0.717) is 5.56 Å². The van der Waals surface area contributed by atoms with Gasteiger partial charge < -0.3 is 15.7 Å². The van der Waals surface area contributed by atoms with Gasteiger partial charge in [-0.2, -0.15) is 0 Å². The van der Waals surface area contributed by atoms with Crippen molar-refractivity contribution in [1.29, 1.82) is 0 Å². The fraction of sp³-hybridized carbons (Fsp3) is 0.364. The molecule has 0 radical (unpaired) electrons. The van der Waals surface area contributed by atoms with Crippen LogP contribution in [0.25, 0.3) is 0 Å². The maximum Gasteiger partial charge on any atom is 0.322 e. The molecule has 1 aromatic heterocycles. The lowest BCUT2D eigenvalue weighted by molar-refractivity contribution is -0.137. The minimum absolute atomic E-state index is 0.236. The fourth-order valence-electron chi connectivity index (χ4n) is 1.35. The van der Waals surface area contributed by atoms with E-state index in [4.69, 9.17) is 5.11 Å². The standard InChI is InChI=1S/C11H14N2O4S/c1-6-3-8(7(2)18-6)11(17)13-4-9(14)12-5-10(15)16/h3H,4-5H2,1-2H3,(H,12,14)(H,13,17)(H,15,16). The maximum absolute atomic E-state index is 11.7. The molecule has 98 valence electrons. The second-order valence-electron chi connectivity index (χ2n) is 3.68. The zero-order valence-corrected chi connectivity index (χ0v) is 10.9. The van der Waals surface area contributed by atoms with Gasteiger partial charge in [-0.15, -0.1) is 11.3 Å². The average Bonchev–Trinajstić information content (AvgIpc) is 2.62. The number of rotatable bonds is 5. The predicted octanol–water partition coefficient (Wildman–Crippen LogP) is 0.296. The molecule has 0 atom stereocenters. The van der Waals surface area contributed by atoms with Crippen molar-refractivity contribution >= 4 is 29.1 Å². The number of aliphatic carboxylic acids is 1. The molecule has 18 heavy (non-hydrogen) atoms. The summed E-state index contributed by atoms with van der Waals surface area (Å²) in [6.45, 7) is 3.04. The molecule has 6 nitrogen and oxygen atoms in total. The quantitative estimate of drug-likeness (QED) is 0.717. The third kappa shape index (κ3) is 4.17. The van der Waals surface area contributed by atoms with Gasteiger partial charge in [0, 0.05) is 9.75 Å². The number of carbonyl (C=O) groups is 3. The summed E-state index contributed by atoms with van der Waals surface area (Å²) in [4.78, 5) is 35.0. The second-order valence-corrected chi connectivity index (χ2v) is 5.14. The Labute approximate surface area is 108 Å². The van der Waals surface area contributed by atoms with Crippen molar-refractivity contribution in [3.8, 4) is 0 Å². The van der Waals surface area contributed by atoms with Gasteiger partial charge in [0.25, 0.3) is 5.91 Å². The third-order valence-corrected chi connectivity index (χ3v) is 3.10. The smallest absolute Gasteiger partial charge is 0.322 e. The Morgan fingerprint density at radius 2 is 1.89 bits per heavy atom. The van der Waals surface area contributed by atoms with Gasteiger partial charge in [0.2, 0.25) is 5.91 Å². The second kappa shape index (κ2) is 6.15. The Hall–Kier alpha value is -1.89. The Morgan fingerprint density at radius 3 is 2.39 bits per heavy atom. The molecular formula is C11H14N2O4S. The Balaban J connectivity index is 2.44. The molecule has 7 heteroatoms. The Bertz CT molecular complexity index is 481. The van der Waals surface area contributed by atoms with Crippen molar-refractivity contribution in [3.05, 3.63) is 21.4 Å². The van der Waals surface area contributed by atoms with E-state index >= 15 is 0 Å². The van der Waals surface area contributed by atoms with Crippen LogP contribution in [0.2, 0.25) is 0 Å². The summed E-state index contributed by atoms with van der Waals surface area (Å²) in [5, 5.41) is 13.0. The summed E-state index contributed by atoms with van der Waals surface area (Å²) in [7, 11) is 0. The van der Waals surface area contributed by atoms with Crippen molar-refractivity contribution in [2.45, 2.75) is 13.8 Å². The molecule has 2 amide bonds. The van der Waals surface area contributed by atoms with E-state index in [2.05, 4.69) is 10.6 Å². The van der Waals surface area contributed by atoms with Gasteiger partial charge in [0.15, 0.2) is 0 Å². The summed E-state index contributed by atoms with van der Waals surface area (Å²) >= 11 is 1.51. The highest BCUT2D eigenvalue weighted by molar-refractivity contribution is 7.12. The summed E-state index contributed by atoms with van der Waals surface area (Å²) in [5.74, 6) is -1.99. The van der Waals surface area contributed by atoms with Gasteiger partial charge in [-0.05, 0) is 19.9 Å². The number of hydrogen-bond donors (Lipinski definition) is 3. The van der Waals surface area contributed by atoms with E-state index in [1.54, 1.807) is 6.07 Å². The van der Waals surface area contributed by atoms with E-state index in [0.717, 1.165) is 9.75 Å². The van der Waals surface area contributed by atoms with Crippen LogP contribution < -0.4 is 10.6 Å². The van der Waals surface area contributed by atoms with Gasteiger partial charge in [0.1, 0.15) is 6.54 Å². The van der Waals surface area contributed by atoms with Crippen LogP contribution in [0.4, 0.5) is 0 Å². The summed E-state index contributed by atoms with van der Waals surface area (Å²) in [5.41, 5.74) is 0.545. The van der Waals surface area contributed by atoms with Gasteiger partial charge in [-0.1, -0.05) is 0 Å². The van der Waals surface area contributed by atoms with Crippen LogP contribution in [-0.2, 0) is 9.59 Å². The molecule has 3 N–H and O–H groups in total. The molecule has 0 bridgehead atoms. The fourth-order valence-corrected chi connectivity index (χ4v) is 2.27. The first kappa shape index (κ1) is 14.2. The molecule has 0 aliphatic rings. The highest BCUT2D eigenvalue weighted by Crippen LogP contribution is 2.20. The van der Waals surface area contributed by atoms with Crippen LogP contribution >= 0.6 is 11.3 Å². The normalized spacial score (nSPS) is 9.89. The zero-order chi connectivity index (χ0) is 13.7. The first-order valence-corrected chi connectivity index (χ1v) is 6.05. The summed E-state index contributed by atoms with van der Waals surface area (Å²) in [6.07, 6.45) is 0. The van der Waals surface area contributed by atoms with Crippen molar-refractivity contribution in [2.75, 3.05) is 13.1 Å². The van der Waals surface area contributed by atoms with Crippen molar-refractivity contribution in [2.24, 2.45) is 0 Å². The lowest BCUT2D eigenvalue weighted by Gasteiger charge is -2.04. The van der Waals surface area contributed by atoms with E-state index < -0.39 is 18.4 Å². The molecule has 1 heterocycles. The zero-order valence-electron chi connectivity index (χ0n) is 10.1. The molecule has 0 fully saturated rings. The largest absolute Gasteiger partial charge is 0.480 e. The van der Waals surface area contributed by atoms with E-state index in [9.17, 15) is 14.4 Å². The van der Waals surface area contributed by atoms with Crippen LogP contribution in [0.3, 0.4) is 0 Å². The molecule has 0 spiro atoms. The molecule has 0 saturated carbocycles. The SMILES string of the molecule is Cc1cc(C(=O)NCC(=O)NCC(=O)O)c(C)s1. The van der Waals surface area contributed by atoms with Crippen molar-refractivity contribution in [1.82, 2.24) is 10.6 Å². The molecule has 0 saturated heterocycles. The number of hydrogen-bond acceptors (Lipinski definition) is 4. The molecule has 0 unspecified atom stereocenters. The molecular weight excluding hydrogens is 256 g/mol. The predicted molar refractivity (Wildman–Crippen MR) is 66.8 cm³/mol. The van der Waals surface area contributed by atoms with Crippen LogP contribution in [0.5, 0.6) is 0 Å². The highest BCUT2D eigenvalue weighted by Gasteiger charge is 2.13. The Kier molecular flexibility index (Phi) is 4.85. The average molecular weight is 270 g/mol. The van der Waals surface area contributed by atoms with Gasteiger partial charge in [0.05, 0.1) is 12.1 Å². The van der Waals surface area contributed by atoms with Crippen molar-refractivity contribution in [3.63, 3.8) is 0 Å². The van der Waals surface area contributed by atoms with Crippen LogP contribution in [0.1, 0.15) is 20.1 Å². The first-order chi connectivity index (χ1) is 8.40. The van der Waals surface area contributed by atoms with E-state index in [-0.39, 0.29) is 12.5 Å². The minimum Gasteiger partial charge on any atom is -0.480 e. The number of amides is 2.